The Hall–Kier alpha value is -2.15. The smallest absolute Gasteiger partial charge is 0.191 e. The highest BCUT2D eigenvalue weighted by Gasteiger charge is 2.09. The van der Waals surface area contributed by atoms with E-state index in [1.54, 1.807) is 36.6 Å². The topological polar surface area (TPSA) is 58.5 Å². The van der Waals surface area contributed by atoms with Gasteiger partial charge in [0, 0.05) is 18.1 Å². The monoisotopic (exact) mass is 350 g/mol. The number of para-hydroxylation sites is 1. The van der Waals surface area contributed by atoms with Gasteiger partial charge in [-0.15, -0.1) is 11.3 Å². The number of rotatable bonds is 7. The molecule has 2 rings (SSSR count). The van der Waals surface area contributed by atoms with Gasteiger partial charge in [0.25, 0.3) is 0 Å². The Balaban J connectivity index is 1.77. The molecule has 1 unspecified atom stereocenters. The van der Waals surface area contributed by atoms with Gasteiger partial charge >= 0.3 is 0 Å². The molecule has 5 nitrogen and oxygen atoms in total. The van der Waals surface area contributed by atoms with Gasteiger partial charge in [-0.1, -0.05) is 19.1 Å². The molecule has 0 bridgehead atoms. The predicted octanol–water partition coefficient (Wildman–Crippen LogP) is 2.98. The average molecular weight is 350 g/mol. The number of nitrogens with one attached hydrogen (secondary N) is 2. The fraction of sp³-hybridized carbons (Fsp3) is 0.412. The molecule has 0 aliphatic heterocycles. The van der Waals surface area contributed by atoms with Crippen molar-refractivity contribution >= 4 is 17.3 Å². The summed E-state index contributed by atoms with van der Waals surface area (Å²) < 4.78 is 19.2. The van der Waals surface area contributed by atoms with Crippen LogP contribution in [0.1, 0.15) is 23.7 Å². The summed E-state index contributed by atoms with van der Waals surface area (Å²) in [5.41, 5.74) is 0. The molecule has 0 saturated carbocycles. The zero-order valence-corrected chi connectivity index (χ0v) is 15.0. The summed E-state index contributed by atoms with van der Waals surface area (Å²) in [6.07, 6.45) is 2.70. The number of aryl methyl sites for hydroxylation is 1. The van der Waals surface area contributed by atoms with Gasteiger partial charge in [-0.2, -0.15) is 0 Å². The van der Waals surface area contributed by atoms with Crippen LogP contribution in [-0.4, -0.2) is 30.6 Å². The number of halogens is 1. The first-order valence-corrected chi connectivity index (χ1v) is 8.73. The van der Waals surface area contributed by atoms with Crippen LogP contribution in [0.4, 0.5) is 4.39 Å². The summed E-state index contributed by atoms with van der Waals surface area (Å²) >= 11 is 1.69. The first-order valence-electron chi connectivity index (χ1n) is 7.91. The molecule has 0 fully saturated rings. The van der Waals surface area contributed by atoms with Crippen LogP contribution >= 0.6 is 11.3 Å². The molecule has 1 aromatic heterocycles. The van der Waals surface area contributed by atoms with E-state index in [-0.39, 0.29) is 17.7 Å². The predicted molar refractivity (Wildman–Crippen MR) is 96.2 cm³/mol. The van der Waals surface area contributed by atoms with Crippen molar-refractivity contribution < 1.29 is 9.13 Å². The first-order chi connectivity index (χ1) is 11.6. The van der Waals surface area contributed by atoms with Gasteiger partial charge in [0.2, 0.25) is 0 Å². The summed E-state index contributed by atoms with van der Waals surface area (Å²) in [5, 5.41) is 7.40. The molecule has 1 heterocycles. The van der Waals surface area contributed by atoms with Crippen LogP contribution in [-0.2, 0) is 13.0 Å². The maximum absolute atomic E-state index is 13.6. The van der Waals surface area contributed by atoms with Gasteiger partial charge < -0.3 is 15.4 Å². The zero-order valence-electron chi connectivity index (χ0n) is 14.2. The minimum absolute atomic E-state index is 0.202. The molecule has 0 radical (unpaired) electrons. The van der Waals surface area contributed by atoms with E-state index >= 15 is 0 Å². The number of aromatic nitrogens is 1. The van der Waals surface area contributed by atoms with Crippen molar-refractivity contribution in [1.29, 1.82) is 0 Å². The van der Waals surface area contributed by atoms with E-state index < -0.39 is 0 Å². The highest BCUT2D eigenvalue weighted by molar-refractivity contribution is 7.11. The minimum atomic E-state index is -0.359. The lowest BCUT2D eigenvalue weighted by atomic mass is 10.3. The molecule has 0 spiro atoms. The third-order valence-corrected chi connectivity index (χ3v) is 4.44. The third kappa shape index (κ3) is 5.49. The van der Waals surface area contributed by atoms with Gasteiger partial charge in [-0.05, 0) is 25.5 Å². The van der Waals surface area contributed by atoms with E-state index in [9.17, 15) is 4.39 Å². The SMILES string of the molecule is CCc1cnc(CNC(=NC)NCC(C)Oc2ccccc2F)s1. The van der Waals surface area contributed by atoms with E-state index in [2.05, 4.69) is 27.5 Å². The summed E-state index contributed by atoms with van der Waals surface area (Å²) in [6, 6.07) is 6.39. The Morgan fingerprint density at radius 3 is 2.83 bits per heavy atom. The number of ether oxygens (including phenoxy) is 1. The molecule has 130 valence electrons. The summed E-state index contributed by atoms with van der Waals surface area (Å²) in [5.74, 6) is 0.555. The van der Waals surface area contributed by atoms with Crippen molar-refractivity contribution in [2.45, 2.75) is 32.9 Å². The van der Waals surface area contributed by atoms with Crippen LogP contribution in [0.3, 0.4) is 0 Å². The molecular weight excluding hydrogens is 327 g/mol. The normalized spacial score (nSPS) is 12.8. The third-order valence-electron chi connectivity index (χ3n) is 3.30. The van der Waals surface area contributed by atoms with Crippen molar-refractivity contribution in [3.05, 3.63) is 46.2 Å². The van der Waals surface area contributed by atoms with E-state index in [1.165, 1.54) is 10.9 Å². The Labute approximate surface area is 146 Å². The molecule has 0 aliphatic rings. The fourth-order valence-corrected chi connectivity index (χ4v) is 2.81. The van der Waals surface area contributed by atoms with Crippen LogP contribution < -0.4 is 15.4 Å². The molecule has 1 atom stereocenters. The lowest BCUT2D eigenvalue weighted by Crippen LogP contribution is -2.41. The van der Waals surface area contributed by atoms with Crippen molar-refractivity contribution in [2.24, 2.45) is 4.99 Å². The summed E-state index contributed by atoms with van der Waals surface area (Å²) in [6.45, 7) is 5.11. The Morgan fingerprint density at radius 2 is 2.17 bits per heavy atom. The molecule has 0 aliphatic carbocycles. The highest BCUT2D eigenvalue weighted by atomic mass is 32.1. The molecule has 2 N–H and O–H groups in total. The second kappa shape index (κ2) is 9.22. The van der Waals surface area contributed by atoms with Gasteiger partial charge in [0.05, 0.1) is 13.1 Å². The maximum Gasteiger partial charge on any atom is 0.191 e. The summed E-state index contributed by atoms with van der Waals surface area (Å²) in [7, 11) is 1.71. The number of benzene rings is 1. The molecular formula is C17H23FN4OS. The number of nitrogens with zero attached hydrogens (tertiary/aromatic N) is 2. The molecule has 7 heteroatoms. The number of hydrogen-bond acceptors (Lipinski definition) is 4. The van der Waals surface area contributed by atoms with Crippen LogP contribution in [0.2, 0.25) is 0 Å². The van der Waals surface area contributed by atoms with E-state index in [1.807, 2.05) is 13.1 Å². The second-order valence-electron chi connectivity index (χ2n) is 5.24. The quantitative estimate of drug-likeness (QED) is 0.595. The van der Waals surface area contributed by atoms with Gasteiger partial charge in [0.15, 0.2) is 17.5 Å². The largest absolute Gasteiger partial charge is 0.486 e. The second-order valence-corrected chi connectivity index (χ2v) is 6.44. The molecule has 1 aromatic carbocycles. The van der Waals surface area contributed by atoms with Crippen molar-refractivity contribution in [2.75, 3.05) is 13.6 Å². The molecule has 0 amide bonds. The number of hydrogen-bond donors (Lipinski definition) is 2. The van der Waals surface area contributed by atoms with Crippen LogP contribution in [0.25, 0.3) is 0 Å². The van der Waals surface area contributed by atoms with Crippen LogP contribution in [0.5, 0.6) is 5.75 Å². The van der Waals surface area contributed by atoms with E-state index in [0.717, 1.165) is 11.4 Å². The summed E-state index contributed by atoms with van der Waals surface area (Å²) in [4.78, 5) is 9.79. The van der Waals surface area contributed by atoms with Crippen LogP contribution in [0.15, 0.2) is 35.5 Å². The van der Waals surface area contributed by atoms with Crippen molar-refractivity contribution in [3.8, 4) is 5.75 Å². The highest BCUT2D eigenvalue weighted by Crippen LogP contribution is 2.16. The fourth-order valence-electron chi connectivity index (χ4n) is 2.01. The zero-order chi connectivity index (χ0) is 17.4. The molecule has 2 aromatic rings. The lowest BCUT2D eigenvalue weighted by molar-refractivity contribution is 0.214. The molecule has 24 heavy (non-hydrogen) atoms. The van der Waals surface area contributed by atoms with Gasteiger partial charge in [-0.3, -0.25) is 4.99 Å². The minimum Gasteiger partial charge on any atom is -0.486 e. The van der Waals surface area contributed by atoms with Gasteiger partial charge in [0.1, 0.15) is 11.1 Å². The van der Waals surface area contributed by atoms with E-state index in [4.69, 9.17) is 4.74 Å². The average Bonchev–Trinajstić information content (AvgIpc) is 3.05. The Morgan fingerprint density at radius 1 is 1.38 bits per heavy atom. The number of aliphatic imine (C=N–C) groups is 1. The lowest BCUT2D eigenvalue weighted by Gasteiger charge is -2.17. The Bertz CT molecular complexity index is 674. The van der Waals surface area contributed by atoms with Gasteiger partial charge in [-0.25, -0.2) is 9.37 Å². The number of thiazole rings is 1. The number of guanidine groups is 1. The maximum atomic E-state index is 13.6. The standard InChI is InChI=1S/C17H23FN4OS/c1-4-13-10-20-16(24-13)11-22-17(19-3)21-9-12(2)23-15-8-6-5-7-14(15)18/h5-8,10,12H,4,9,11H2,1-3H3,(H2,19,21,22). The Kier molecular flexibility index (Phi) is 6.99. The van der Waals surface area contributed by atoms with E-state index in [0.29, 0.717) is 19.0 Å². The first kappa shape index (κ1) is 18.2. The van der Waals surface area contributed by atoms with Crippen molar-refractivity contribution in [1.82, 2.24) is 15.6 Å². The molecule has 0 saturated heterocycles. The van der Waals surface area contributed by atoms with Crippen molar-refractivity contribution in [3.63, 3.8) is 0 Å². The van der Waals surface area contributed by atoms with Crippen LogP contribution in [0, 0.1) is 5.82 Å².